The first-order valence-corrected chi connectivity index (χ1v) is 7.83. The van der Waals surface area contributed by atoms with Crippen LogP contribution in [0.5, 0.6) is 5.75 Å². The second-order valence-electron chi connectivity index (χ2n) is 6.07. The lowest BCUT2D eigenvalue weighted by Crippen LogP contribution is -2.45. The average molecular weight is 310 g/mol. The lowest BCUT2D eigenvalue weighted by Gasteiger charge is -2.44. The third-order valence-electron chi connectivity index (χ3n) is 4.85. The fourth-order valence-corrected chi connectivity index (χ4v) is 3.51. The van der Waals surface area contributed by atoms with Gasteiger partial charge in [0.25, 0.3) is 5.91 Å². The molecule has 1 N–H and O–H groups in total. The van der Waals surface area contributed by atoms with Crippen molar-refractivity contribution in [1.29, 1.82) is 0 Å². The van der Waals surface area contributed by atoms with Gasteiger partial charge in [-0.25, -0.2) is 0 Å². The number of phenolic OH excluding ortho intramolecular Hbond substituents is 1. The molecule has 3 rings (SSSR count). The van der Waals surface area contributed by atoms with Crippen LogP contribution < -0.4 is 0 Å². The maximum atomic E-state index is 12.5. The van der Waals surface area contributed by atoms with Crippen LogP contribution in [0.1, 0.15) is 36.0 Å². The van der Waals surface area contributed by atoms with Gasteiger partial charge in [0, 0.05) is 31.3 Å². The first-order valence-electron chi connectivity index (χ1n) is 7.45. The maximum absolute atomic E-state index is 12.5. The fraction of sp³-hybridized carbons (Fsp3) is 0.562. The predicted octanol–water partition coefficient (Wildman–Crippen LogP) is 3.08. The van der Waals surface area contributed by atoms with Gasteiger partial charge in [-0.15, -0.1) is 0 Å². The Kier molecular flexibility index (Phi) is 4.09. The molecular formula is C16H20ClNO3. The van der Waals surface area contributed by atoms with E-state index in [1.54, 1.807) is 12.1 Å². The summed E-state index contributed by atoms with van der Waals surface area (Å²) >= 11 is 5.81. The Morgan fingerprint density at radius 2 is 1.86 bits per heavy atom. The third-order valence-corrected chi connectivity index (χ3v) is 5.09. The summed E-state index contributed by atoms with van der Waals surface area (Å²) in [5.74, 6) is -0.148. The van der Waals surface area contributed by atoms with E-state index < -0.39 is 0 Å². The van der Waals surface area contributed by atoms with Gasteiger partial charge < -0.3 is 14.7 Å². The van der Waals surface area contributed by atoms with E-state index in [4.69, 9.17) is 16.3 Å². The van der Waals surface area contributed by atoms with E-state index in [0.29, 0.717) is 16.0 Å². The summed E-state index contributed by atoms with van der Waals surface area (Å²) in [6.45, 7) is 3.18. The Balaban J connectivity index is 1.67. The number of aromatic hydroxyl groups is 1. The molecule has 2 heterocycles. The number of ether oxygens (including phenoxy) is 1. The molecule has 21 heavy (non-hydrogen) atoms. The predicted molar refractivity (Wildman–Crippen MR) is 80.7 cm³/mol. The van der Waals surface area contributed by atoms with Crippen molar-refractivity contribution in [2.45, 2.75) is 25.7 Å². The first kappa shape index (κ1) is 14.7. The minimum absolute atomic E-state index is 0.0427. The number of piperidine rings is 1. The van der Waals surface area contributed by atoms with Gasteiger partial charge in [0.05, 0.1) is 5.56 Å². The average Bonchev–Trinajstić information content (AvgIpc) is 2.48. The molecule has 2 saturated heterocycles. The normalized spacial score (nSPS) is 21.5. The molecule has 1 amide bonds. The lowest BCUT2D eigenvalue weighted by molar-refractivity contribution is -0.0175. The molecule has 0 atom stereocenters. The summed E-state index contributed by atoms with van der Waals surface area (Å²) < 4.78 is 5.44. The standard InChI is InChI=1S/C16H20ClNO3/c17-12-1-2-13(14(19)11-12)15(20)18-7-3-16(4-8-18)5-9-21-10-6-16/h1-2,11,19H,3-10H2. The Hall–Kier alpha value is -1.26. The topological polar surface area (TPSA) is 49.8 Å². The quantitative estimate of drug-likeness (QED) is 0.867. The molecule has 2 aliphatic rings. The van der Waals surface area contributed by atoms with Gasteiger partial charge in [0.1, 0.15) is 5.75 Å². The SMILES string of the molecule is O=C(c1ccc(Cl)cc1O)N1CCC2(CCOCC2)CC1. The van der Waals surface area contributed by atoms with Crippen molar-refractivity contribution in [2.75, 3.05) is 26.3 Å². The first-order chi connectivity index (χ1) is 10.1. The highest BCUT2D eigenvalue weighted by Crippen LogP contribution is 2.41. The van der Waals surface area contributed by atoms with Crippen molar-refractivity contribution in [3.8, 4) is 5.75 Å². The summed E-state index contributed by atoms with van der Waals surface area (Å²) in [5.41, 5.74) is 0.694. The molecule has 1 spiro atoms. The van der Waals surface area contributed by atoms with Gasteiger partial charge in [0.2, 0.25) is 0 Å². The Bertz CT molecular complexity index is 530. The Morgan fingerprint density at radius 1 is 1.19 bits per heavy atom. The Morgan fingerprint density at radius 3 is 2.48 bits per heavy atom. The van der Waals surface area contributed by atoms with E-state index >= 15 is 0 Å². The van der Waals surface area contributed by atoms with Crippen LogP contribution in [-0.2, 0) is 4.74 Å². The van der Waals surface area contributed by atoms with Gasteiger partial charge in [-0.05, 0) is 49.3 Å². The molecule has 0 unspecified atom stereocenters. The maximum Gasteiger partial charge on any atom is 0.257 e. The number of halogens is 1. The molecule has 1 aromatic rings. The van der Waals surface area contributed by atoms with Gasteiger partial charge in [0.15, 0.2) is 0 Å². The number of amides is 1. The molecule has 0 aliphatic carbocycles. The van der Waals surface area contributed by atoms with Crippen molar-refractivity contribution in [2.24, 2.45) is 5.41 Å². The van der Waals surface area contributed by atoms with Crippen molar-refractivity contribution in [1.82, 2.24) is 4.90 Å². The highest BCUT2D eigenvalue weighted by molar-refractivity contribution is 6.30. The number of phenols is 1. The number of likely N-dealkylation sites (tertiary alicyclic amines) is 1. The van der Waals surface area contributed by atoms with E-state index in [1.807, 2.05) is 4.90 Å². The van der Waals surface area contributed by atoms with Crippen molar-refractivity contribution < 1.29 is 14.6 Å². The van der Waals surface area contributed by atoms with Crippen LogP contribution in [0.2, 0.25) is 5.02 Å². The van der Waals surface area contributed by atoms with E-state index in [0.717, 1.165) is 52.0 Å². The highest BCUT2D eigenvalue weighted by atomic mass is 35.5. The van der Waals surface area contributed by atoms with E-state index in [-0.39, 0.29) is 11.7 Å². The van der Waals surface area contributed by atoms with Gasteiger partial charge in [-0.3, -0.25) is 4.79 Å². The zero-order valence-corrected chi connectivity index (χ0v) is 12.7. The van der Waals surface area contributed by atoms with Crippen LogP contribution in [0.4, 0.5) is 0 Å². The van der Waals surface area contributed by atoms with Crippen molar-refractivity contribution in [3.05, 3.63) is 28.8 Å². The summed E-state index contributed by atoms with van der Waals surface area (Å²) in [5, 5.41) is 10.3. The van der Waals surface area contributed by atoms with Crippen molar-refractivity contribution >= 4 is 17.5 Å². The second kappa shape index (κ2) is 5.85. The summed E-state index contributed by atoms with van der Waals surface area (Å²) in [4.78, 5) is 14.3. The molecule has 2 aliphatic heterocycles. The van der Waals surface area contributed by atoms with Crippen LogP contribution >= 0.6 is 11.6 Å². The lowest BCUT2D eigenvalue weighted by atomic mass is 9.72. The van der Waals surface area contributed by atoms with E-state index in [2.05, 4.69) is 0 Å². The molecule has 0 aromatic heterocycles. The van der Waals surface area contributed by atoms with Crippen LogP contribution in [-0.4, -0.2) is 42.2 Å². The molecule has 5 heteroatoms. The number of carbonyl (C=O) groups is 1. The second-order valence-corrected chi connectivity index (χ2v) is 6.50. The number of carbonyl (C=O) groups excluding carboxylic acids is 1. The zero-order valence-electron chi connectivity index (χ0n) is 12.0. The zero-order chi connectivity index (χ0) is 14.9. The molecule has 0 bridgehead atoms. The van der Waals surface area contributed by atoms with Crippen molar-refractivity contribution in [3.63, 3.8) is 0 Å². The van der Waals surface area contributed by atoms with Gasteiger partial charge >= 0.3 is 0 Å². The number of nitrogens with zero attached hydrogens (tertiary/aromatic N) is 1. The monoisotopic (exact) mass is 309 g/mol. The number of hydrogen-bond acceptors (Lipinski definition) is 3. The molecule has 0 radical (unpaired) electrons. The highest BCUT2D eigenvalue weighted by Gasteiger charge is 2.37. The molecular weight excluding hydrogens is 290 g/mol. The minimum atomic E-state index is -0.105. The number of rotatable bonds is 1. The molecule has 1 aromatic carbocycles. The van der Waals surface area contributed by atoms with Gasteiger partial charge in [-0.2, -0.15) is 0 Å². The van der Waals surface area contributed by atoms with Crippen LogP contribution in [0.15, 0.2) is 18.2 Å². The Labute approximate surface area is 129 Å². The molecule has 4 nitrogen and oxygen atoms in total. The fourth-order valence-electron chi connectivity index (χ4n) is 3.34. The smallest absolute Gasteiger partial charge is 0.257 e. The van der Waals surface area contributed by atoms with Crippen LogP contribution in [0, 0.1) is 5.41 Å². The van der Waals surface area contributed by atoms with Crippen LogP contribution in [0.3, 0.4) is 0 Å². The van der Waals surface area contributed by atoms with Crippen LogP contribution in [0.25, 0.3) is 0 Å². The minimum Gasteiger partial charge on any atom is -0.507 e. The number of hydrogen-bond donors (Lipinski definition) is 1. The molecule has 114 valence electrons. The molecule has 0 saturated carbocycles. The largest absolute Gasteiger partial charge is 0.507 e. The van der Waals surface area contributed by atoms with E-state index in [1.165, 1.54) is 6.07 Å². The summed E-state index contributed by atoms with van der Waals surface area (Å²) in [7, 11) is 0. The summed E-state index contributed by atoms with van der Waals surface area (Å²) in [6, 6.07) is 4.65. The molecule has 2 fully saturated rings. The number of benzene rings is 1. The summed E-state index contributed by atoms with van der Waals surface area (Å²) in [6.07, 6.45) is 4.25. The van der Waals surface area contributed by atoms with Gasteiger partial charge in [-0.1, -0.05) is 11.6 Å². The third kappa shape index (κ3) is 3.01. The van der Waals surface area contributed by atoms with E-state index in [9.17, 15) is 9.90 Å².